The first-order valence-electron chi connectivity index (χ1n) is 4.94. The van der Waals surface area contributed by atoms with Crippen molar-refractivity contribution in [3.8, 4) is 17.3 Å². The van der Waals surface area contributed by atoms with E-state index in [0.717, 1.165) is 0 Å². The van der Waals surface area contributed by atoms with Gasteiger partial charge in [-0.25, -0.2) is 4.68 Å². The largest absolute Gasteiger partial charge is 0.573 e. The monoisotopic (exact) mass is 258 g/mol. The normalized spacial score (nSPS) is 11.3. The molecule has 18 heavy (non-hydrogen) atoms. The quantitative estimate of drug-likeness (QED) is 0.849. The molecule has 2 aromatic rings. The molecular formula is C11H9F3N2O2. The first-order chi connectivity index (χ1) is 8.48. The first-order valence-corrected chi connectivity index (χ1v) is 4.94. The van der Waals surface area contributed by atoms with E-state index in [1.807, 2.05) is 0 Å². The van der Waals surface area contributed by atoms with E-state index in [4.69, 9.17) is 4.74 Å². The summed E-state index contributed by atoms with van der Waals surface area (Å²) in [5, 5.41) is 4.03. The third kappa shape index (κ3) is 2.93. The van der Waals surface area contributed by atoms with Crippen molar-refractivity contribution in [3.05, 3.63) is 36.5 Å². The van der Waals surface area contributed by atoms with Gasteiger partial charge in [-0.15, -0.1) is 18.3 Å². The molecular weight excluding hydrogens is 249 g/mol. The second-order valence-electron chi connectivity index (χ2n) is 3.34. The number of ether oxygens (including phenoxy) is 2. The molecule has 1 heterocycles. The Morgan fingerprint density at radius 3 is 2.28 bits per heavy atom. The van der Waals surface area contributed by atoms with Gasteiger partial charge in [-0.1, -0.05) is 0 Å². The molecule has 0 radical (unpaired) electrons. The van der Waals surface area contributed by atoms with E-state index in [0.29, 0.717) is 11.6 Å². The Hall–Kier alpha value is -2.18. The van der Waals surface area contributed by atoms with Crippen molar-refractivity contribution >= 4 is 0 Å². The number of benzene rings is 1. The molecule has 0 aliphatic rings. The van der Waals surface area contributed by atoms with E-state index in [2.05, 4.69) is 9.84 Å². The van der Waals surface area contributed by atoms with Crippen LogP contribution < -0.4 is 9.47 Å². The maximum Gasteiger partial charge on any atom is 0.573 e. The molecule has 0 amide bonds. The highest BCUT2D eigenvalue weighted by Crippen LogP contribution is 2.23. The number of hydrogen-bond acceptors (Lipinski definition) is 3. The van der Waals surface area contributed by atoms with Crippen molar-refractivity contribution < 1.29 is 22.6 Å². The van der Waals surface area contributed by atoms with Crippen LogP contribution in [0.15, 0.2) is 36.5 Å². The molecule has 0 fully saturated rings. The van der Waals surface area contributed by atoms with Gasteiger partial charge in [-0.05, 0) is 24.3 Å². The van der Waals surface area contributed by atoms with Crippen LogP contribution in [0.25, 0.3) is 5.69 Å². The van der Waals surface area contributed by atoms with Crippen LogP contribution in [0.5, 0.6) is 11.6 Å². The zero-order valence-electron chi connectivity index (χ0n) is 9.31. The lowest BCUT2D eigenvalue weighted by Crippen LogP contribution is -2.17. The Balaban J connectivity index is 2.17. The van der Waals surface area contributed by atoms with Gasteiger partial charge in [-0.3, -0.25) is 0 Å². The predicted octanol–water partition coefficient (Wildman–Crippen LogP) is 2.78. The minimum Gasteiger partial charge on any atom is -0.480 e. The second kappa shape index (κ2) is 4.59. The van der Waals surface area contributed by atoms with E-state index in [-0.39, 0.29) is 5.75 Å². The summed E-state index contributed by atoms with van der Waals surface area (Å²) in [6.07, 6.45) is -3.05. The Morgan fingerprint density at radius 1 is 1.11 bits per heavy atom. The van der Waals surface area contributed by atoms with Crippen molar-refractivity contribution in [1.29, 1.82) is 0 Å². The molecule has 0 aliphatic carbocycles. The molecule has 0 aliphatic heterocycles. The summed E-state index contributed by atoms with van der Waals surface area (Å²) in [6, 6.07) is 7.01. The lowest BCUT2D eigenvalue weighted by atomic mass is 10.3. The fraction of sp³-hybridized carbons (Fsp3) is 0.182. The molecule has 4 nitrogen and oxygen atoms in total. The maximum absolute atomic E-state index is 12.0. The zero-order chi connectivity index (χ0) is 13.2. The topological polar surface area (TPSA) is 36.3 Å². The van der Waals surface area contributed by atoms with Gasteiger partial charge >= 0.3 is 6.36 Å². The van der Waals surface area contributed by atoms with Gasteiger partial charge < -0.3 is 9.47 Å². The van der Waals surface area contributed by atoms with Gasteiger partial charge in [0.15, 0.2) is 0 Å². The van der Waals surface area contributed by atoms with Crippen LogP contribution in [-0.2, 0) is 0 Å². The molecule has 0 saturated heterocycles. The predicted molar refractivity (Wildman–Crippen MR) is 56.8 cm³/mol. The average molecular weight is 258 g/mol. The van der Waals surface area contributed by atoms with Gasteiger partial charge in [-0.2, -0.15) is 0 Å². The smallest absolute Gasteiger partial charge is 0.480 e. The molecule has 0 N–H and O–H groups in total. The van der Waals surface area contributed by atoms with Gasteiger partial charge in [0.1, 0.15) is 5.75 Å². The molecule has 0 bridgehead atoms. The number of hydrogen-bond donors (Lipinski definition) is 0. The minimum atomic E-state index is -4.68. The summed E-state index contributed by atoms with van der Waals surface area (Å²) in [6.45, 7) is 0. The summed E-state index contributed by atoms with van der Waals surface area (Å²) >= 11 is 0. The van der Waals surface area contributed by atoms with Crippen LogP contribution in [0.3, 0.4) is 0 Å². The number of halogens is 3. The number of methoxy groups -OCH3 is 1. The van der Waals surface area contributed by atoms with E-state index in [9.17, 15) is 13.2 Å². The fourth-order valence-electron chi connectivity index (χ4n) is 1.36. The Bertz CT molecular complexity index is 520. The summed E-state index contributed by atoms with van der Waals surface area (Å²) < 4.78 is 46.0. The van der Waals surface area contributed by atoms with Crippen LogP contribution >= 0.6 is 0 Å². The minimum absolute atomic E-state index is 0.273. The van der Waals surface area contributed by atoms with E-state index in [1.165, 1.54) is 36.1 Å². The third-order valence-corrected chi connectivity index (χ3v) is 2.11. The maximum atomic E-state index is 12.0. The SMILES string of the molecule is COc1ccn(-c2ccc(OC(F)(F)F)cc2)n1. The van der Waals surface area contributed by atoms with Crippen LogP contribution in [0.1, 0.15) is 0 Å². The number of nitrogens with zero attached hydrogens (tertiary/aromatic N) is 2. The summed E-state index contributed by atoms with van der Waals surface area (Å²) in [5.41, 5.74) is 0.604. The third-order valence-electron chi connectivity index (χ3n) is 2.11. The van der Waals surface area contributed by atoms with Gasteiger partial charge in [0, 0.05) is 12.3 Å². The molecule has 96 valence electrons. The highest BCUT2D eigenvalue weighted by molar-refractivity contribution is 5.37. The fourth-order valence-corrected chi connectivity index (χ4v) is 1.36. The van der Waals surface area contributed by atoms with Crippen LogP contribution in [0.4, 0.5) is 13.2 Å². The van der Waals surface area contributed by atoms with Gasteiger partial charge in [0.25, 0.3) is 0 Å². The molecule has 2 rings (SSSR count). The molecule has 0 atom stereocenters. The lowest BCUT2D eigenvalue weighted by Gasteiger charge is -2.09. The van der Waals surface area contributed by atoms with Crippen LogP contribution in [0.2, 0.25) is 0 Å². The summed E-state index contributed by atoms with van der Waals surface area (Å²) in [5.74, 6) is 0.149. The first kappa shape index (κ1) is 12.3. The van der Waals surface area contributed by atoms with E-state index < -0.39 is 6.36 Å². The molecule has 0 unspecified atom stereocenters. The number of alkyl halides is 3. The van der Waals surface area contributed by atoms with Gasteiger partial charge in [0.2, 0.25) is 5.88 Å². The zero-order valence-corrected chi connectivity index (χ0v) is 9.31. The van der Waals surface area contributed by atoms with Gasteiger partial charge in [0.05, 0.1) is 12.8 Å². The summed E-state index contributed by atoms with van der Waals surface area (Å²) in [7, 11) is 1.48. The summed E-state index contributed by atoms with van der Waals surface area (Å²) in [4.78, 5) is 0. The highest BCUT2D eigenvalue weighted by atomic mass is 19.4. The molecule has 1 aromatic heterocycles. The molecule has 0 saturated carbocycles. The average Bonchev–Trinajstić information content (AvgIpc) is 2.76. The second-order valence-corrected chi connectivity index (χ2v) is 3.34. The standard InChI is InChI=1S/C11H9F3N2O2/c1-17-10-6-7-16(15-10)8-2-4-9(5-3-8)18-11(12,13)14/h2-7H,1H3. The Kier molecular flexibility index (Phi) is 3.14. The van der Waals surface area contributed by atoms with Crippen molar-refractivity contribution in [2.45, 2.75) is 6.36 Å². The Labute approximate surface area is 101 Å². The van der Waals surface area contributed by atoms with Crippen molar-refractivity contribution in [2.24, 2.45) is 0 Å². The van der Waals surface area contributed by atoms with Crippen molar-refractivity contribution in [3.63, 3.8) is 0 Å². The Morgan fingerprint density at radius 2 is 1.78 bits per heavy atom. The van der Waals surface area contributed by atoms with Crippen LogP contribution in [0, 0.1) is 0 Å². The molecule has 0 spiro atoms. The molecule has 1 aromatic carbocycles. The highest BCUT2D eigenvalue weighted by Gasteiger charge is 2.30. The number of rotatable bonds is 3. The molecule has 7 heteroatoms. The number of aromatic nitrogens is 2. The van der Waals surface area contributed by atoms with Crippen molar-refractivity contribution in [1.82, 2.24) is 9.78 Å². The lowest BCUT2D eigenvalue weighted by molar-refractivity contribution is -0.274. The van der Waals surface area contributed by atoms with E-state index in [1.54, 1.807) is 12.3 Å². The van der Waals surface area contributed by atoms with Crippen LogP contribution in [-0.4, -0.2) is 23.3 Å². The van der Waals surface area contributed by atoms with Crippen molar-refractivity contribution in [2.75, 3.05) is 7.11 Å². The van der Waals surface area contributed by atoms with E-state index >= 15 is 0 Å².